The summed E-state index contributed by atoms with van der Waals surface area (Å²) in [6.07, 6.45) is -0.659. The maximum Gasteiger partial charge on any atom is 0.265 e. The van der Waals surface area contributed by atoms with Gasteiger partial charge >= 0.3 is 0 Å². The van der Waals surface area contributed by atoms with Crippen LogP contribution < -0.4 is 14.8 Å². The molecule has 0 bridgehead atoms. The van der Waals surface area contributed by atoms with Gasteiger partial charge in [-0.1, -0.05) is 29.8 Å². The van der Waals surface area contributed by atoms with Crippen LogP contribution in [0.3, 0.4) is 0 Å². The van der Waals surface area contributed by atoms with Crippen LogP contribution in [0.1, 0.15) is 13.8 Å². The zero-order valence-corrected chi connectivity index (χ0v) is 13.3. The van der Waals surface area contributed by atoms with Crippen LogP contribution in [0.25, 0.3) is 0 Å². The molecule has 2 aromatic rings. The summed E-state index contributed by atoms with van der Waals surface area (Å²) in [4.78, 5) is 12.2. The second-order valence-electron chi connectivity index (χ2n) is 4.64. The molecule has 2 rings (SSSR count). The van der Waals surface area contributed by atoms with E-state index in [9.17, 15) is 4.79 Å². The number of halogens is 1. The molecule has 0 aliphatic rings. The van der Waals surface area contributed by atoms with Crippen molar-refractivity contribution in [1.82, 2.24) is 0 Å². The standard InChI is InChI=1S/C17H18ClNO3/c1-3-21-16-10-5-4-9-15(16)19-17(20)12(2)22-14-8-6-7-13(18)11-14/h4-12H,3H2,1-2H3,(H,19,20)/t12-/m1/s1. The van der Waals surface area contributed by atoms with Crippen LogP contribution in [0.4, 0.5) is 5.69 Å². The second-order valence-corrected chi connectivity index (χ2v) is 5.07. The third kappa shape index (κ3) is 4.40. The Morgan fingerprint density at radius 3 is 2.73 bits per heavy atom. The first-order valence-electron chi connectivity index (χ1n) is 7.05. The van der Waals surface area contributed by atoms with Crippen LogP contribution in [0.15, 0.2) is 48.5 Å². The predicted octanol–water partition coefficient (Wildman–Crippen LogP) is 4.14. The Bertz CT molecular complexity index is 645. The van der Waals surface area contributed by atoms with Gasteiger partial charge in [-0.15, -0.1) is 0 Å². The van der Waals surface area contributed by atoms with Crippen LogP contribution >= 0.6 is 11.6 Å². The third-order valence-corrected chi connectivity index (χ3v) is 3.16. The Kier molecular flexibility index (Phi) is 5.67. The maximum atomic E-state index is 12.2. The molecule has 1 amide bonds. The van der Waals surface area contributed by atoms with E-state index in [0.717, 1.165) is 0 Å². The second kappa shape index (κ2) is 7.71. The minimum atomic E-state index is -0.659. The lowest BCUT2D eigenvalue weighted by Crippen LogP contribution is -2.30. The Labute approximate surface area is 135 Å². The number of hydrogen-bond donors (Lipinski definition) is 1. The quantitative estimate of drug-likeness (QED) is 0.870. The van der Waals surface area contributed by atoms with Gasteiger partial charge in [0, 0.05) is 5.02 Å². The van der Waals surface area contributed by atoms with E-state index >= 15 is 0 Å². The number of carbonyl (C=O) groups excluding carboxylic acids is 1. The van der Waals surface area contributed by atoms with Gasteiger partial charge in [0.05, 0.1) is 12.3 Å². The smallest absolute Gasteiger partial charge is 0.265 e. The lowest BCUT2D eigenvalue weighted by atomic mass is 10.2. The zero-order valence-electron chi connectivity index (χ0n) is 12.5. The first-order valence-corrected chi connectivity index (χ1v) is 7.43. The molecule has 0 radical (unpaired) electrons. The van der Waals surface area contributed by atoms with Crippen molar-refractivity contribution in [3.8, 4) is 11.5 Å². The molecule has 0 spiro atoms. The number of hydrogen-bond acceptors (Lipinski definition) is 3. The number of ether oxygens (including phenoxy) is 2. The molecule has 0 unspecified atom stereocenters. The molecule has 0 fully saturated rings. The summed E-state index contributed by atoms with van der Waals surface area (Å²) >= 11 is 5.90. The molecule has 0 aliphatic carbocycles. The third-order valence-electron chi connectivity index (χ3n) is 2.92. The van der Waals surface area contributed by atoms with E-state index in [4.69, 9.17) is 21.1 Å². The highest BCUT2D eigenvalue weighted by Gasteiger charge is 2.16. The average molecular weight is 320 g/mol. The van der Waals surface area contributed by atoms with Crippen molar-refractivity contribution in [1.29, 1.82) is 0 Å². The Balaban J connectivity index is 2.02. The SMILES string of the molecule is CCOc1ccccc1NC(=O)[C@@H](C)Oc1cccc(Cl)c1. The number of amides is 1. The van der Waals surface area contributed by atoms with Crippen molar-refractivity contribution < 1.29 is 14.3 Å². The molecule has 0 saturated carbocycles. The van der Waals surface area contributed by atoms with Gasteiger partial charge < -0.3 is 14.8 Å². The summed E-state index contributed by atoms with van der Waals surface area (Å²) < 4.78 is 11.1. The van der Waals surface area contributed by atoms with Gasteiger partial charge in [0.25, 0.3) is 5.91 Å². The fraction of sp³-hybridized carbons (Fsp3) is 0.235. The van der Waals surface area contributed by atoms with E-state index in [2.05, 4.69) is 5.32 Å². The van der Waals surface area contributed by atoms with Crippen LogP contribution in [0.5, 0.6) is 11.5 Å². The lowest BCUT2D eigenvalue weighted by Gasteiger charge is -2.16. The van der Waals surface area contributed by atoms with Crippen LogP contribution in [0, 0.1) is 0 Å². The highest BCUT2D eigenvalue weighted by molar-refractivity contribution is 6.30. The van der Waals surface area contributed by atoms with Crippen molar-refractivity contribution in [2.75, 3.05) is 11.9 Å². The van der Waals surface area contributed by atoms with Gasteiger partial charge in [-0.3, -0.25) is 4.79 Å². The average Bonchev–Trinajstić information content (AvgIpc) is 2.49. The van der Waals surface area contributed by atoms with E-state index in [0.29, 0.717) is 28.8 Å². The van der Waals surface area contributed by atoms with Crippen molar-refractivity contribution in [2.24, 2.45) is 0 Å². The summed E-state index contributed by atoms with van der Waals surface area (Å²) in [7, 11) is 0. The zero-order chi connectivity index (χ0) is 15.9. The number of carbonyl (C=O) groups is 1. The molecule has 22 heavy (non-hydrogen) atoms. The van der Waals surface area contributed by atoms with E-state index in [1.165, 1.54) is 0 Å². The van der Waals surface area contributed by atoms with Crippen LogP contribution in [0.2, 0.25) is 5.02 Å². The highest BCUT2D eigenvalue weighted by Crippen LogP contribution is 2.24. The largest absolute Gasteiger partial charge is 0.492 e. The van der Waals surface area contributed by atoms with Crippen molar-refractivity contribution in [3.05, 3.63) is 53.6 Å². The monoisotopic (exact) mass is 319 g/mol. The number of benzene rings is 2. The Hall–Kier alpha value is -2.20. The summed E-state index contributed by atoms with van der Waals surface area (Å²) in [6, 6.07) is 14.2. The normalized spacial score (nSPS) is 11.6. The number of anilines is 1. The lowest BCUT2D eigenvalue weighted by molar-refractivity contribution is -0.122. The molecular weight excluding hydrogens is 302 g/mol. The summed E-state index contributed by atoms with van der Waals surface area (Å²) in [5.41, 5.74) is 0.621. The molecule has 5 heteroatoms. The van der Waals surface area contributed by atoms with Crippen molar-refractivity contribution in [3.63, 3.8) is 0 Å². The molecule has 4 nitrogen and oxygen atoms in total. The fourth-order valence-corrected chi connectivity index (χ4v) is 2.06. The number of nitrogens with one attached hydrogen (secondary N) is 1. The van der Waals surface area contributed by atoms with E-state index in [1.807, 2.05) is 25.1 Å². The van der Waals surface area contributed by atoms with E-state index in [1.54, 1.807) is 37.3 Å². The van der Waals surface area contributed by atoms with Gasteiger partial charge in [-0.25, -0.2) is 0 Å². The first kappa shape index (κ1) is 16.2. The van der Waals surface area contributed by atoms with Crippen LogP contribution in [-0.4, -0.2) is 18.6 Å². The fourth-order valence-electron chi connectivity index (χ4n) is 1.88. The Morgan fingerprint density at radius 1 is 1.23 bits per heavy atom. The maximum absolute atomic E-state index is 12.2. The molecule has 1 atom stereocenters. The van der Waals surface area contributed by atoms with Gasteiger partial charge in [0.1, 0.15) is 11.5 Å². The Morgan fingerprint density at radius 2 is 2.00 bits per heavy atom. The van der Waals surface area contributed by atoms with E-state index in [-0.39, 0.29) is 5.91 Å². The summed E-state index contributed by atoms with van der Waals surface area (Å²) in [6.45, 7) is 4.10. The number of para-hydroxylation sites is 2. The molecule has 0 aromatic heterocycles. The van der Waals surface area contributed by atoms with Crippen molar-refractivity contribution in [2.45, 2.75) is 20.0 Å². The molecule has 0 aliphatic heterocycles. The molecular formula is C17H18ClNO3. The van der Waals surface area contributed by atoms with Crippen molar-refractivity contribution >= 4 is 23.2 Å². The molecule has 1 N–H and O–H groups in total. The predicted molar refractivity (Wildman–Crippen MR) is 87.8 cm³/mol. The van der Waals surface area contributed by atoms with Gasteiger partial charge in [-0.2, -0.15) is 0 Å². The molecule has 0 heterocycles. The van der Waals surface area contributed by atoms with Gasteiger partial charge in [0.15, 0.2) is 6.10 Å². The number of rotatable bonds is 6. The van der Waals surface area contributed by atoms with Gasteiger partial charge in [-0.05, 0) is 44.2 Å². The summed E-state index contributed by atoms with van der Waals surface area (Å²) in [5.74, 6) is 0.925. The first-order chi connectivity index (χ1) is 10.6. The van der Waals surface area contributed by atoms with Crippen LogP contribution in [-0.2, 0) is 4.79 Å². The molecule has 2 aromatic carbocycles. The minimum Gasteiger partial charge on any atom is -0.492 e. The highest BCUT2D eigenvalue weighted by atomic mass is 35.5. The van der Waals surface area contributed by atoms with Gasteiger partial charge in [0.2, 0.25) is 0 Å². The minimum absolute atomic E-state index is 0.257. The molecule has 0 saturated heterocycles. The molecule has 116 valence electrons. The van der Waals surface area contributed by atoms with E-state index < -0.39 is 6.10 Å². The summed E-state index contributed by atoms with van der Waals surface area (Å²) in [5, 5.41) is 3.37. The topological polar surface area (TPSA) is 47.6 Å².